The third-order valence-corrected chi connectivity index (χ3v) is 9.63. The Balaban J connectivity index is 1.66. The lowest BCUT2D eigenvalue weighted by Gasteiger charge is -2.25. The molecule has 0 saturated carbocycles. The van der Waals surface area contributed by atoms with Crippen molar-refractivity contribution in [1.29, 1.82) is 0 Å². The minimum absolute atomic E-state index is 0.574. The molecule has 5 rings (SSSR count). The van der Waals surface area contributed by atoms with E-state index in [1.165, 1.54) is 32.0 Å². The summed E-state index contributed by atoms with van der Waals surface area (Å²) >= 11 is 0. The average molecular weight is 450 g/mol. The van der Waals surface area contributed by atoms with Gasteiger partial charge in [0.2, 0.25) is 0 Å². The summed E-state index contributed by atoms with van der Waals surface area (Å²) in [5.74, 6) is 0.986. The molecule has 0 bridgehead atoms. The maximum atomic E-state index is 6.95. The highest BCUT2D eigenvalue weighted by molar-refractivity contribution is 7.73. The second-order valence-electron chi connectivity index (χ2n) is 7.58. The first-order chi connectivity index (χ1) is 15.8. The van der Waals surface area contributed by atoms with Crippen molar-refractivity contribution in [2.45, 2.75) is 0 Å². The zero-order chi connectivity index (χ0) is 21.8. The molecular weight excluding hydrogens is 426 g/mol. The van der Waals surface area contributed by atoms with Gasteiger partial charge in [0.15, 0.2) is 8.15 Å². The normalized spacial score (nSPS) is 12.1. The second kappa shape index (κ2) is 9.66. The van der Waals surface area contributed by atoms with Crippen molar-refractivity contribution >= 4 is 48.1 Å². The molecule has 5 aromatic rings. The number of rotatable bonds is 6. The molecule has 0 amide bonds. The summed E-state index contributed by atoms with van der Waals surface area (Å²) in [5, 5.41) is 7.62. The van der Waals surface area contributed by atoms with E-state index in [-0.39, 0.29) is 0 Å². The van der Waals surface area contributed by atoms with E-state index in [2.05, 4.69) is 134 Å². The Morgan fingerprint density at radius 2 is 1.00 bits per heavy atom. The van der Waals surface area contributed by atoms with Crippen molar-refractivity contribution in [2.24, 2.45) is 0 Å². The van der Waals surface area contributed by atoms with Crippen LogP contribution < -0.4 is 25.7 Å². The smallest absolute Gasteiger partial charge is 0.150 e. The highest BCUT2D eigenvalue weighted by atomic mass is 31.1. The van der Waals surface area contributed by atoms with E-state index in [0.29, 0.717) is 0 Å². The largest absolute Gasteiger partial charge is 0.464 e. The predicted octanol–water partition coefficient (Wildman–Crippen LogP) is 6.33. The minimum Gasteiger partial charge on any atom is -0.464 e. The monoisotopic (exact) mass is 450 g/mol. The van der Waals surface area contributed by atoms with Crippen LogP contribution in [0, 0.1) is 0 Å². The Hall–Kier alpha value is -2.98. The molecular formula is C29H24OP2. The van der Waals surface area contributed by atoms with E-state index in [0.717, 1.165) is 5.75 Å². The molecule has 1 unspecified atom stereocenters. The number of fused-ring (bicyclic) bond motifs is 1. The third-order valence-electron chi connectivity index (χ3n) is 5.51. The molecule has 32 heavy (non-hydrogen) atoms. The molecule has 0 radical (unpaired) electrons. The Bertz CT molecular complexity index is 1270. The summed E-state index contributed by atoms with van der Waals surface area (Å²) in [6.07, 6.45) is 0. The van der Waals surface area contributed by atoms with Gasteiger partial charge in [0.05, 0.1) is 0 Å². The van der Waals surface area contributed by atoms with E-state index in [4.69, 9.17) is 4.52 Å². The van der Waals surface area contributed by atoms with Crippen LogP contribution in [0.1, 0.15) is 0 Å². The van der Waals surface area contributed by atoms with Crippen LogP contribution in [0.3, 0.4) is 0 Å². The van der Waals surface area contributed by atoms with Crippen LogP contribution in [0.5, 0.6) is 5.75 Å². The first kappa shape index (κ1) is 20.9. The molecule has 0 aliphatic carbocycles. The Labute approximate surface area is 192 Å². The van der Waals surface area contributed by atoms with Crippen molar-refractivity contribution in [3.05, 3.63) is 127 Å². The number of hydrogen-bond donors (Lipinski definition) is 0. The van der Waals surface area contributed by atoms with E-state index in [9.17, 15) is 0 Å². The van der Waals surface area contributed by atoms with Gasteiger partial charge in [-0.15, -0.1) is 0 Å². The van der Waals surface area contributed by atoms with E-state index < -0.39 is 16.1 Å². The van der Waals surface area contributed by atoms with Gasteiger partial charge in [0.25, 0.3) is 0 Å². The first-order valence-electron chi connectivity index (χ1n) is 10.7. The van der Waals surface area contributed by atoms with E-state index >= 15 is 0 Å². The van der Waals surface area contributed by atoms with Gasteiger partial charge in [-0.25, -0.2) is 0 Å². The SMILES string of the molecule is CP(c1ccccc1)c1c(OP(c2ccccc2)c2ccccc2)ccc2ccccc12. The lowest BCUT2D eigenvalue weighted by atomic mass is 10.1. The van der Waals surface area contributed by atoms with Crippen LogP contribution in [-0.4, -0.2) is 6.66 Å². The van der Waals surface area contributed by atoms with Crippen LogP contribution in [-0.2, 0) is 0 Å². The van der Waals surface area contributed by atoms with Gasteiger partial charge in [0.1, 0.15) is 5.75 Å². The van der Waals surface area contributed by atoms with Crippen molar-refractivity contribution < 1.29 is 4.52 Å². The molecule has 5 aromatic carbocycles. The quantitative estimate of drug-likeness (QED) is 0.275. The minimum atomic E-state index is -0.982. The Kier molecular flexibility index (Phi) is 6.31. The summed E-state index contributed by atoms with van der Waals surface area (Å²) in [7, 11) is -1.56. The molecule has 0 fully saturated rings. The van der Waals surface area contributed by atoms with Gasteiger partial charge in [-0.1, -0.05) is 121 Å². The van der Waals surface area contributed by atoms with Gasteiger partial charge < -0.3 is 4.52 Å². The fourth-order valence-electron chi connectivity index (χ4n) is 3.92. The van der Waals surface area contributed by atoms with Crippen LogP contribution in [0.15, 0.2) is 127 Å². The van der Waals surface area contributed by atoms with Gasteiger partial charge in [0, 0.05) is 15.9 Å². The summed E-state index contributed by atoms with van der Waals surface area (Å²) in [6.45, 7) is 2.34. The molecule has 0 N–H and O–H groups in total. The standard InChI is InChI=1S/C29H24OP2/c1-31(24-14-5-2-6-15-24)29-27-20-12-11-13-23(27)21-22-28(29)30-32(25-16-7-3-8-17-25)26-18-9-4-10-19-26/h2-22H,1H3. The highest BCUT2D eigenvalue weighted by Crippen LogP contribution is 2.42. The first-order valence-corrected chi connectivity index (χ1v) is 13.7. The van der Waals surface area contributed by atoms with E-state index in [1.807, 2.05) is 0 Å². The third kappa shape index (κ3) is 4.33. The topological polar surface area (TPSA) is 9.23 Å². The zero-order valence-corrected chi connectivity index (χ0v) is 19.7. The van der Waals surface area contributed by atoms with Crippen molar-refractivity contribution in [3.8, 4) is 5.75 Å². The molecule has 0 saturated heterocycles. The fourth-order valence-corrected chi connectivity index (χ4v) is 7.62. The van der Waals surface area contributed by atoms with Crippen LogP contribution >= 0.6 is 16.1 Å². The maximum absolute atomic E-state index is 6.95. The molecule has 0 spiro atoms. The van der Waals surface area contributed by atoms with E-state index in [1.54, 1.807) is 0 Å². The van der Waals surface area contributed by atoms with Crippen LogP contribution in [0.2, 0.25) is 0 Å². The molecule has 0 aliphatic heterocycles. The van der Waals surface area contributed by atoms with Crippen LogP contribution in [0.25, 0.3) is 10.8 Å². The summed E-state index contributed by atoms with van der Waals surface area (Å²) in [6, 6.07) is 45.0. The second-order valence-corrected chi connectivity index (χ2v) is 11.5. The summed E-state index contributed by atoms with van der Waals surface area (Å²) < 4.78 is 6.95. The lowest BCUT2D eigenvalue weighted by Crippen LogP contribution is -2.19. The van der Waals surface area contributed by atoms with Gasteiger partial charge >= 0.3 is 0 Å². The fraction of sp³-hybridized carbons (Fsp3) is 0.0345. The maximum Gasteiger partial charge on any atom is 0.150 e. The van der Waals surface area contributed by atoms with Gasteiger partial charge in [-0.2, -0.15) is 0 Å². The molecule has 156 valence electrons. The highest BCUT2D eigenvalue weighted by Gasteiger charge is 2.22. The molecule has 1 atom stereocenters. The molecule has 1 nitrogen and oxygen atoms in total. The van der Waals surface area contributed by atoms with Crippen LogP contribution in [0.4, 0.5) is 0 Å². The molecule has 0 aliphatic rings. The number of benzene rings is 5. The average Bonchev–Trinajstić information content (AvgIpc) is 2.88. The Morgan fingerprint density at radius 3 is 1.59 bits per heavy atom. The van der Waals surface area contributed by atoms with Crippen molar-refractivity contribution in [2.75, 3.05) is 6.66 Å². The predicted molar refractivity (Wildman–Crippen MR) is 142 cm³/mol. The van der Waals surface area contributed by atoms with Gasteiger partial charge in [-0.3, -0.25) is 0 Å². The summed E-state index contributed by atoms with van der Waals surface area (Å²) in [4.78, 5) is 0. The lowest BCUT2D eigenvalue weighted by molar-refractivity contribution is 0.636. The van der Waals surface area contributed by atoms with Crippen molar-refractivity contribution in [1.82, 2.24) is 0 Å². The van der Waals surface area contributed by atoms with Crippen molar-refractivity contribution in [3.63, 3.8) is 0 Å². The zero-order valence-electron chi connectivity index (χ0n) is 17.9. The van der Waals surface area contributed by atoms with Gasteiger partial charge in [-0.05, 0) is 36.7 Å². The molecule has 0 heterocycles. The molecule has 0 aromatic heterocycles. The Morgan fingerprint density at radius 1 is 0.500 bits per heavy atom. The molecule has 3 heteroatoms. The summed E-state index contributed by atoms with van der Waals surface area (Å²) in [5.41, 5.74) is 0. The number of hydrogen-bond acceptors (Lipinski definition) is 1.